The van der Waals surface area contributed by atoms with E-state index in [0.29, 0.717) is 0 Å². The predicted octanol–water partition coefficient (Wildman–Crippen LogP) is -1.40. The summed E-state index contributed by atoms with van der Waals surface area (Å²) < 4.78 is 0. The number of carbonyl (C=O) groups is 1. The molecule has 0 spiro atoms. The van der Waals surface area contributed by atoms with Gasteiger partial charge in [-0.3, -0.25) is 4.79 Å². The van der Waals surface area contributed by atoms with Crippen molar-refractivity contribution < 1.29 is 20.1 Å². The maximum Gasteiger partial charge on any atom is 0.187 e. The summed E-state index contributed by atoms with van der Waals surface area (Å²) in [6, 6.07) is 0. The second kappa shape index (κ2) is 2.41. The molecular formula is C7H10O4. The quantitative estimate of drug-likeness (QED) is 0.438. The molecule has 1 aliphatic rings. The topological polar surface area (TPSA) is 77.8 Å². The van der Waals surface area contributed by atoms with Crippen LogP contribution in [0, 0.1) is 0 Å². The average Bonchev–Trinajstić information content (AvgIpc) is 2.18. The molecule has 4 nitrogen and oxygen atoms in total. The Balaban J connectivity index is 2.90. The number of hydrogen-bond acceptors (Lipinski definition) is 4. The zero-order valence-corrected chi connectivity index (χ0v) is 6.06. The van der Waals surface area contributed by atoms with Crippen molar-refractivity contribution in [1.82, 2.24) is 0 Å². The van der Waals surface area contributed by atoms with Gasteiger partial charge >= 0.3 is 0 Å². The van der Waals surface area contributed by atoms with Crippen molar-refractivity contribution >= 4 is 5.78 Å². The van der Waals surface area contributed by atoms with Crippen LogP contribution in [0.15, 0.2) is 12.2 Å². The highest BCUT2D eigenvalue weighted by atomic mass is 16.4. The van der Waals surface area contributed by atoms with E-state index in [9.17, 15) is 9.90 Å². The fourth-order valence-corrected chi connectivity index (χ4v) is 0.994. The highest BCUT2D eigenvalue weighted by Gasteiger charge is 2.45. The van der Waals surface area contributed by atoms with Crippen LogP contribution in [-0.4, -0.2) is 38.9 Å². The number of ketones is 1. The normalized spacial score (nSPS) is 39.6. The van der Waals surface area contributed by atoms with E-state index in [2.05, 4.69) is 0 Å². The first kappa shape index (κ1) is 8.39. The van der Waals surface area contributed by atoms with E-state index in [1.54, 1.807) is 0 Å². The van der Waals surface area contributed by atoms with Gasteiger partial charge in [-0.1, -0.05) is 0 Å². The van der Waals surface area contributed by atoms with Crippen molar-refractivity contribution in [2.75, 3.05) is 0 Å². The van der Waals surface area contributed by atoms with E-state index in [-0.39, 0.29) is 0 Å². The molecule has 0 bridgehead atoms. The van der Waals surface area contributed by atoms with Crippen LogP contribution < -0.4 is 0 Å². The van der Waals surface area contributed by atoms with Crippen molar-refractivity contribution in [1.29, 1.82) is 0 Å². The van der Waals surface area contributed by atoms with Crippen LogP contribution in [-0.2, 0) is 4.79 Å². The second-order valence-electron chi connectivity index (χ2n) is 2.70. The monoisotopic (exact) mass is 158 g/mol. The minimum atomic E-state index is -1.79. The second-order valence-corrected chi connectivity index (χ2v) is 2.70. The molecule has 0 radical (unpaired) electrons. The van der Waals surface area contributed by atoms with Crippen LogP contribution in [0.3, 0.4) is 0 Å². The predicted molar refractivity (Wildman–Crippen MR) is 36.8 cm³/mol. The maximum absolute atomic E-state index is 10.7. The van der Waals surface area contributed by atoms with Crippen molar-refractivity contribution in [3.63, 3.8) is 0 Å². The number of aliphatic hydroxyl groups excluding tert-OH is 2. The molecule has 0 fully saturated rings. The Kier molecular flexibility index (Phi) is 1.83. The lowest BCUT2D eigenvalue weighted by molar-refractivity contribution is -0.140. The van der Waals surface area contributed by atoms with E-state index < -0.39 is 23.6 Å². The largest absolute Gasteiger partial charge is 0.390 e. The number of aliphatic hydroxyl groups is 3. The molecule has 0 amide bonds. The van der Waals surface area contributed by atoms with Crippen LogP contribution in [0.4, 0.5) is 0 Å². The van der Waals surface area contributed by atoms with Gasteiger partial charge < -0.3 is 15.3 Å². The summed E-state index contributed by atoms with van der Waals surface area (Å²) in [6.07, 6.45) is -0.495. The first-order chi connectivity index (χ1) is 4.98. The first-order valence-corrected chi connectivity index (χ1v) is 3.30. The third-order valence-corrected chi connectivity index (χ3v) is 1.89. The zero-order valence-electron chi connectivity index (χ0n) is 6.06. The molecule has 3 N–H and O–H groups in total. The molecule has 0 aliphatic heterocycles. The van der Waals surface area contributed by atoms with Crippen LogP contribution in [0.2, 0.25) is 0 Å². The van der Waals surface area contributed by atoms with Gasteiger partial charge in [0.15, 0.2) is 11.9 Å². The van der Waals surface area contributed by atoms with E-state index >= 15 is 0 Å². The van der Waals surface area contributed by atoms with Crippen LogP contribution in [0.25, 0.3) is 0 Å². The number of rotatable bonds is 1. The molecule has 0 aromatic carbocycles. The maximum atomic E-state index is 10.7. The molecule has 0 heterocycles. The summed E-state index contributed by atoms with van der Waals surface area (Å²) >= 11 is 0. The highest BCUT2D eigenvalue weighted by molar-refractivity contribution is 5.97. The summed E-state index contributed by atoms with van der Waals surface area (Å²) in [5, 5.41) is 27.5. The fourth-order valence-electron chi connectivity index (χ4n) is 0.994. The van der Waals surface area contributed by atoms with Crippen LogP contribution in [0.1, 0.15) is 6.92 Å². The Hall–Kier alpha value is -0.710. The first-order valence-electron chi connectivity index (χ1n) is 3.30. The molecule has 1 aliphatic carbocycles. The average molecular weight is 158 g/mol. The van der Waals surface area contributed by atoms with Crippen molar-refractivity contribution in [2.45, 2.75) is 24.7 Å². The molecule has 3 atom stereocenters. The van der Waals surface area contributed by atoms with Gasteiger partial charge in [0.2, 0.25) is 0 Å². The Labute approximate surface area is 63.8 Å². The number of carbonyl (C=O) groups excluding carboxylic acids is 1. The van der Waals surface area contributed by atoms with Crippen LogP contribution >= 0.6 is 0 Å². The smallest absolute Gasteiger partial charge is 0.187 e. The molecule has 1 rings (SSSR count). The summed E-state index contributed by atoms with van der Waals surface area (Å²) in [6.45, 7) is 1.31. The lowest BCUT2D eigenvalue weighted by Gasteiger charge is -2.26. The molecular weight excluding hydrogens is 148 g/mol. The lowest BCUT2D eigenvalue weighted by Crippen LogP contribution is -2.49. The van der Waals surface area contributed by atoms with Gasteiger partial charge in [-0.25, -0.2) is 0 Å². The molecule has 4 heteroatoms. The van der Waals surface area contributed by atoms with Gasteiger partial charge in [-0.15, -0.1) is 0 Å². The van der Waals surface area contributed by atoms with Crippen molar-refractivity contribution in [2.24, 2.45) is 0 Å². The van der Waals surface area contributed by atoms with Gasteiger partial charge in [0.1, 0.15) is 5.60 Å². The Morgan fingerprint density at radius 2 is 2.27 bits per heavy atom. The molecule has 11 heavy (non-hydrogen) atoms. The Morgan fingerprint density at radius 3 is 2.45 bits per heavy atom. The lowest BCUT2D eigenvalue weighted by atomic mass is 9.94. The van der Waals surface area contributed by atoms with Gasteiger partial charge in [-0.05, 0) is 19.1 Å². The molecule has 62 valence electrons. The Bertz CT molecular complexity index is 208. The van der Waals surface area contributed by atoms with E-state index in [0.717, 1.165) is 12.2 Å². The molecule has 0 aromatic heterocycles. The van der Waals surface area contributed by atoms with Crippen molar-refractivity contribution in [3.05, 3.63) is 12.2 Å². The van der Waals surface area contributed by atoms with Gasteiger partial charge in [0.05, 0.1) is 6.10 Å². The third-order valence-electron chi connectivity index (χ3n) is 1.89. The van der Waals surface area contributed by atoms with E-state index in [4.69, 9.17) is 10.2 Å². The molecule has 0 saturated carbocycles. The third kappa shape index (κ3) is 1.09. The summed E-state index contributed by atoms with van der Waals surface area (Å²) in [5.41, 5.74) is -1.79. The molecule has 0 aromatic rings. The van der Waals surface area contributed by atoms with Gasteiger partial charge in [0, 0.05) is 0 Å². The minimum absolute atomic E-state index is 0.576. The van der Waals surface area contributed by atoms with Gasteiger partial charge in [0.25, 0.3) is 0 Å². The van der Waals surface area contributed by atoms with Crippen LogP contribution in [0.5, 0.6) is 0 Å². The summed E-state index contributed by atoms with van der Waals surface area (Å²) in [5.74, 6) is -0.576. The fraction of sp³-hybridized carbons (Fsp3) is 0.571. The van der Waals surface area contributed by atoms with Gasteiger partial charge in [-0.2, -0.15) is 0 Å². The summed E-state index contributed by atoms with van der Waals surface area (Å²) in [7, 11) is 0. The van der Waals surface area contributed by atoms with E-state index in [1.807, 2.05) is 0 Å². The minimum Gasteiger partial charge on any atom is -0.390 e. The molecule has 0 unspecified atom stereocenters. The Morgan fingerprint density at radius 1 is 1.73 bits per heavy atom. The standard InChI is InChI=1S/C7H10O4/c1-4(8)7(11)3-2-5(9)6(7)10/h2-4,6,8,10-11H,1H3/t4-,6+,7+/m1/s1. The molecule has 0 saturated heterocycles. The zero-order chi connectivity index (χ0) is 8.65. The summed E-state index contributed by atoms with van der Waals surface area (Å²) in [4.78, 5) is 10.7. The number of hydrogen-bond donors (Lipinski definition) is 3. The van der Waals surface area contributed by atoms with Crippen molar-refractivity contribution in [3.8, 4) is 0 Å². The van der Waals surface area contributed by atoms with E-state index in [1.165, 1.54) is 6.92 Å². The SMILES string of the molecule is C[C@@H](O)[C@@]1(O)C=CC(=O)[C@@H]1O. The highest BCUT2D eigenvalue weighted by Crippen LogP contribution is 2.24.